The molecule has 2 aromatic carbocycles. The summed E-state index contributed by atoms with van der Waals surface area (Å²) in [5.74, 6) is -1.34. The molecule has 1 amide bonds. The first-order chi connectivity index (χ1) is 16.0. The van der Waals surface area contributed by atoms with E-state index in [1.54, 1.807) is 30.3 Å². The minimum atomic E-state index is -3.62. The van der Waals surface area contributed by atoms with Crippen molar-refractivity contribution in [2.45, 2.75) is 44.6 Å². The molecule has 34 heavy (non-hydrogen) atoms. The van der Waals surface area contributed by atoms with Gasteiger partial charge in [-0.3, -0.25) is 9.59 Å². The Morgan fingerprint density at radius 2 is 1.65 bits per heavy atom. The molecular weight excluding hydrogens is 454 g/mol. The highest BCUT2D eigenvalue weighted by Gasteiger charge is 2.34. The number of esters is 1. The Balaban J connectivity index is 1.52. The lowest BCUT2D eigenvalue weighted by molar-refractivity contribution is -0.158. The number of aryl methyl sites for hydroxylation is 2. The first kappa shape index (κ1) is 25.7. The summed E-state index contributed by atoms with van der Waals surface area (Å²) >= 11 is 0. The van der Waals surface area contributed by atoms with E-state index in [2.05, 4.69) is 5.32 Å². The number of nitrogens with one attached hydrogen (secondary N) is 1. The average molecular weight is 488 g/mol. The number of hydrogen-bond acceptors (Lipinski definition) is 6. The van der Waals surface area contributed by atoms with Gasteiger partial charge in [-0.05, 0) is 81.1 Å². The summed E-state index contributed by atoms with van der Waals surface area (Å²) in [4.78, 5) is 27.3. The van der Waals surface area contributed by atoms with Gasteiger partial charge in [0.25, 0.3) is 5.91 Å². The van der Waals surface area contributed by atoms with Crippen molar-refractivity contribution in [1.29, 1.82) is 0 Å². The molecule has 1 fully saturated rings. The number of rotatable bonds is 7. The van der Waals surface area contributed by atoms with E-state index in [1.165, 1.54) is 11.2 Å². The molecule has 8 nitrogen and oxygen atoms in total. The number of ether oxygens (including phenoxy) is 1. The predicted octanol–water partition coefficient (Wildman–Crippen LogP) is 3.34. The molecule has 1 atom stereocenters. The van der Waals surface area contributed by atoms with E-state index in [4.69, 9.17) is 4.74 Å². The van der Waals surface area contributed by atoms with Crippen LogP contribution in [-0.4, -0.2) is 57.9 Å². The Bertz CT molecular complexity index is 1140. The van der Waals surface area contributed by atoms with E-state index in [9.17, 15) is 18.0 Å². The molecule has 1 N–H and O–H groups in total. The van der Waals surface area contributed by atoms with Gasteiger partial charge in [0.1, 0.15) is 0 Å². The molecule has 9 heteroatoms. The van der Waals surface area contributed by atoms with Crippen molar-refractivity contribution in [2.24, 2.45) is 5.92 Å². The van der Waals surface area contributed by atoms with Crippen LogP contribution in [0.5, 0.6) is 0 Å². The molecule has 1 aliphatic rings. The zero-order valence-corrected chi connectivity index (χ0v) is 21.2. The Hall–Kier alpha value is -2.91. The third-order valence-electron chi connectivity index (χ3n) is 6.22. The predicted molar refractivity (Wildman–Crippen MR) is 132 cm³/mol. The zero-order chi connectivity index (χ0) is 25.0. The summed E-state index contributed by atoms with van der Waals surface area (Å²) in [6.45, 7) is 5.81. The second-order valence-corrected chi connectivity index (χ2v) is 10.9. The average Bonchev–Trinajstić information content (AvgIpc) is 2.81. The topological polar surface area (TPSA) is 96.0 Å². The number of amides is 1. The van der Waals surface area contributed by atoms with E-state index >= 15 is 0 Å². The van der Waals surface area contributed by atoms with Crippen LogP contribution >= 0.6 is 0 Å². The fourth-order valence-electron chi connectivity index (χ4n) is 3.77. The molecule has 1 heterocycles. The second kappa shape index (κ2) is 10.6. The van der Waals surface area contributed by atoms with Crippen LogP contribution in [0.4, 0.5) is 11.4 Å². The van der Waals surface area contributed by atoms with Crippen molar-refractivity contribution < 1.29 is 22.7 Å². The number of anilines is 2. The van der Waals surface area contributed by atoms with Gasteiger partial charge in [-0.25, -0.2) is 8.42 Å². The van der Waals surface area contributed by atoms with Crippen molar-refractivity contribution >= 4 is 33.3 Å². The van der Waals surface area contributed by atoms with Gasteiger partial charge in [0.05, 0.1) is 10.8 Å². The van der Waals surface area contributed by atoms with Gasteiger partial charge >= 0.3 is 5.97 Å². The van der Waals surface area contributed by atoms with E-state index < -0.39 is 33.9 Å². The largest absolute Gasteiger partial charge is 0.452 e. The van der Waals surface area contributed by atoms with Crippen molar-refractivity contribution in [3.05, 3.63) is 53.6 Å². The maximum absolute atomic E-state index is 13.0. The molecule has 0 aromatic heterocycles. The summed E-state index contributed by atoms with van der Waals surface area (Å²) in [7, 11) is 0.242. The number of carbonyl (C=O) groups excluding carboxylic acids is 2. The normalized spacial score (nSPS) is 16.0. The van der Waals surface area contributed by atoms with E-state index in [-0.39, 0.29) is 18.0 Å². The first-order valence-corrected chi connectivity index (χ1v) is 12.8. The molecule has 0 bridgehead atoms. The summed E-state index contributed by atoms with van der Waals surface area (Å²) in [6, 6.07) is 12.4. The summed E-state index contributed by atoms with van der Waals surface area (Å²) < 4.78 is 32.8. The van der Waals surface area contributed by atoms with Crippen LogP contribution in [0, 0.1) is 19.8 Å². The Labute approximate surface area is 201 Å². The van der Waals surface area contributed by atoms with Crippen LogP contribution in [0.15, 0.2) is 47.4 Å². The van der Waals surface area contributed by atoms with Gasteiger partial charge in [0.2, 0.25) is 10.0 Å². The molecule has 0 spiro atoms. The van der Waals surface area contributed by atoms with Gasteiger partial charge in [0, 0.05) is 38.6 Å². The van der Waals surface area contributed by atoms with Crippen LogP contribution in [0.3, 0.4) is 0 Å². The Morgan fingerprint density at radius 1 is 1.03 bits per heavy atom. The van der Waals surface area contributed by atoms with Crippen LogP contribution in [0.1, 0.15) is 30.9 Å². The van der Waals surface area contributed by atoms with Crippen molar-refractivity contribution in [1.82, 2.24) is 4.31 Å². The highest BCUT2D eigenvalue weighted by molar-refractivity contribution is 7.89. The van der Waals surface area contributed by atoms with Gasteiger partial charge in [-0.15, -0.1) is 0 Å². The van der Waals surface area contributed by atoms with Gasteiger partial charge < -0.3 is 15.0 Å². The maximum Gasteiger partial charge on any atom is 0.309 e. The minimum Gasteiger partial charge on any atom is -0.452 e. The van der Waals surface area contributed by atoms with Crippen LogP contribution in [0.2, 0.25) is 0 Å². The minimum absolute atomic E-state index is 0.230. The second-order valence-electron chi connectivity index (χ2n) is 8.93. The zero-order valence-electron chi connectivity index (χ0n) is 20.4. The molecule has 2 aromatic rings. The molecule has 1 saturated heterocycles. The molecule has 0 saturated carbocycles. The number of nitrogens with zero attached hydrogens (tertiary/aromatic N) is 2. The van der Waals surface area contributed by atoms with E-state index in [0.717, 1.165) is 16.8 Å². The maximum atomic E-state index is 13.0. The van der Waals surface area contributed by atoms with Gasteiger partial charge in [-0.1, -0.05) is 6.07 Å². The molecule has 0 aliphatic carbocycles. The molecule has 1 unspecified atom stereocenters. The number of benzene rings is 2. The first-order valence-electron chi connectivity index (χ1n) is 11.3. The van der Waals surface area contributed by atoms with Gasteiger partial charge in [-0.2, -0.15) is 4.31 Å². The van der Waals surface area contributed by atoms with Crippen molar-refractivity contribution in [2.75, 3.05) is 37.4 Å². The summed E-state index contributed by atoms with van der Waals surface area (Å²) in [6.07, 6.45) is -0.259. The monoisotopic (exact) mass is 487 g/mol. The number of carbonyl (C=O) groups is 2. The smallest absolute Gasteiger partial charge is 0.309 e. The van der Waals surface area contributed by atoms with Gasteiger partial charge in [0.15, 0.2) is 6.10 Å². The fourth-order valence-corrected chi connectivity index (χ4v) is 5.32. The lowest BCUT2D eigenvalue weighted by atomic mass is 9.98. The third-order valence-corrected chi connectivity index (χ3v) is 8.11. The van der Waals surface area contributed by atoms with Crippen LogP contribution in [0.25, 0.3) is 0 Å². The summed E-state index contributed by atoms with van der Waals surface area (Å²) in [5.41, 5.74) is 3.57. The third kappa shape index (κ3) is 5.95. The van der Waals surface area contributed by atoms with E-state index in [1.807, 2.05) is 45.0 Å². The Morgan fingerprint density at radius 3 is 2.21 bits per heavy atom. The molecule has 184 valence electrons. The molecule has 3 rings (SSSR count). The van der Waals surface area contributed by atoms with Crippen LogP contribution in [-0.2, 0) is 24.3 Å². The SMILES string of the molecule is Cc1ccc(S(=O)(=O)N2CCC(C(=O)OC(C)C(=O)Nc3ccc(N(C)C)cc3)CC2)cc1C. The quantitative estimate of drug-likeness (QED) is 0.602. The van der Waals surface area contributed by atoms with E-state index in [0.29, 0.717) is 18.5 Å². The van der Waals surface area contributed by atoms with Crippen molar-refractivity contribution in [3.63, 3.8) is 0 Å². The lowest BCUT2D eigenvalue weighted by Crippen LogP contribution is -2.41. The number of hydrogen-bond donors (Lipinski definition) is 1. The fraction of sp³-hybridized carbons (Fsp3) is 0.440. The number of sulfonamides is 1. The molecular formula is C25H33N3O5S. The van der Waals surface area contributed by atoms with Crippen molar-refractivity contribution in [3.8, 4) is 0 Å². The highest BCUT2D eigenvalue weighted by Crippen LogP contribution is 2.26. The summed E-state index contributed by atoms with van der Waals surface area (Å²) in [5, 5.41) is 2.75. The molecule has 0 radical (unpaired) electrons. The number of piperidine rings is 1. The highest BCUT2D eigenvalue weighted by atomic mass is 32.2. The lowest BCUT2D eigenvalue weighted by Gasteiger charge is -2.30. The standard InChI is InChI=1S/C25H33N3O5S/c1-17-6-11-23(16-18(17)2)34(31,32)28-14-12-20(13-15-28)25(30)33-19(3)24(29)26-21-7-9-22(10-8-21)27(4)5/h6-11,16,19-20H,12-15H2,1-5H3,(H,26,29). The Kier molecular flexibility index (Phi) is 7.99. The van der Waals surface area contributed by atoms with Crippen LogP contribution < -0.4 is 10.2 Å². The molecule has 1 aliphatic heterocycles.